The van der Waals surface area contributed by atoms with Crippen LogP contribution >= 0.6 is 0 Å². The number of furan rings is 1. The van der Waals surface area contributed by atoms with Crippen LogP contribution in [0.3, 0.4) is 0 Å². The van der Waals surface area contributed by atoms with Crippen molar-refractivity contribution in [1.29, 1.82) is 0 Å². The van der Waals surface area contributed by atoms with Gasteiger partial charge in [0.15, 0.2) is 0 Å². The summed E-state index contributed by atoms with van der Waals surface area (Å²) in [5, 5.41) is 3.28. The summed E-state index contributed by atoms with van der Waals surface area (Å²) >= 11 is 0. The molecule has 1 radical (unpaired) electrons. The van der Waals surface area contributed by atoms with E-state index >= 15 is 0 Å². The number of fused-ring (bicyclic) bond motifs is 4. The third-order valence-corrected chi connectivity index (χ3v) is 13.1. The van der Waals surface area contributed by atoms with Crippen LogP contribution in [-0.2, 0) is 26.5 Å². The summed E-state index contributed by atoms with van der Waals surface area (Å²) in [6, 6.07) is 52.5. The second-order valence-corrected chi connectivity index (χ2v) is 23.7. The Balaban J connectivity index is 0.000000219. The summed E-state index contributed by atoms with van der Waals surface area (Å²) in [5.41, 5.74) is 12.9. The number of hydrogen-bond acceptors (Lipinski definition) is 3. The summed E-state index contributed by atoms with van der Waals surface area (Å²) in [4.78, 5) is 9.84. The van der Waals surface area contributed by atoms with Gasteiger partial charge in [-0.2, -0.15) is 0 Å². The predicted octanol–water partition coefficient (Wildman–Crippen LogP) is 15.0. The summed E-state index contributed by atoms with van der Waals surface area (Å²) < 4.78 is 26.3. The second kappa shape index (κ2) is 18.1. The van der Waals surface area contributed by atoms with Crippen molar-refractivity contribution in [2.75, 3.05) is 0 Å². The molecule has 0 atom stereocenters. The maximum absolute atomic E-state index is 8.75. The molecule has 0 aliphatic carbocycles. The first-order chi connectivity index (χ1) is 30.0. The molecule has 0 saturated carbocycles. The third kappa shape index (κ3) is 9.20. The number of nitrogens with zero attached hydrogens (tertiary/aromatic N) is 3. The number of rotatable bonds is 8. The van der Waals surface area contributed by atoms with Crippen molar-refractivity contribution in [3.63, 3.8) is 0 Å². The van der Waals surface area contributed by atoms with Crippen LogP contribution < -0.4 is 5.19 Å². The van der Waals surface area contributed by atoms with Crippen LogP contribution in [-0.4, -0.2) is 22.6 Å². The smallest absolute Gasteiger partial charge is 0.120 e. The first-order valence-corrected chi connectivity index (χ1v) is 25.0. The number of para-hydroxylation sites is 3. The van der Waals surface area contributed by atoms with Gasteiger partial charge in [-0.3, -0.25) is 4.98 Å². The van der Waals surface area contributed by atoms with Gasteiger partial charge in [-0.15, -0.1) is 54.1 Å². The molecule has 62 heavy (non-hydrogen) atoms. The van der Waals surface area contributed by atoms with E-state index in [-0.39, 0.29) is 20.1 Å². The van der Waals surface area contributed by atoms with Crippen LogP contribution in [0.5, 0.6) is 0 Å². The van der Waals surface area contributed by atoms with Gasteiger partial charge in [-0.25, -0.2) is 0 Å². The zero-order valence-corrected chi connectivity index (χ0v) is 40.9. The van der Waals surface area contributed by atoms with Gasteiger partial charge in [-0.1, -0.05) is 151 Å². The first-order valence-electron chi connectivity index (χ1n) is 22.5. The molecule has 317 valence electrons. The quantitative estimate of drug-likeness (QED) is 0.113. The Morgan fingerprint density at radius 3 is 2.05 bits per heavy atom. The van der Waals surface area contributed by atoms with Gasteiger partial charge < -0.3 is 14.0 Å². The van der Waals surface area contributed by atoms with E-state index in [1.165, 1.54) is 27.9 Å². The van der Waals surface area contributed by atoms with Gasteiger partial charge in [0.05, 0.1) is 30.5 Å². The molecule has 0 fully saturated rings. The summed E-state index contributed by atoms with van der Waals surface area (Å²) in [5.74, 6) is 1.45. The molecule has 0 amide bonds. The van der Waals surface area contributed by atoms with Crippen LogP contribution in [0.1, 0.15) is 79.7 Å². The van der Waals surface area contributed by atoms with E-state index in [0.717, 1.165) is 66.4 Å². The minimum atomic E-state index is -1.70. The van der Waals surface area contributed by atoms with Crippen molar-refractivity contribution in [2.24, 2.45) is 5.41 Å². The largest absolute Gasteiger partial charge is 0.501 e. The topological polar surface area (TPSA) is 43.9 Å². The van der Waals surface area contributed by atoms with Gasteiger partial charge in [0.2, 0.25) is 0 Å². The zero-order valence-electron chi connectivity index (χ0n) is 39.5. The Morgan fingerprint density at radius 2 is 1.39 bits per heavy atom. The Bertz CT molecular complexity index is 3040. The number of benzene rings is 6. The maximum atomic E-state index is 8.75. The SMILES string of the molecule is CC(C)c1cc(-c2ccccc2)cc(C(C)C)c1-n1c(-c2[c-]ccc3c2oc2ccccc23)nc2ccccc21.[2H]C([2H])(c1cc(-c2[c-]cccc2)ncc1[Si](C)(C)C)C(C)(C)C.[Ir]. The fourth-order valence-electron chi connectivity index (χ4n) is 8.15. The molecular weight excluding hydrogens is 951 g/mol. The number of pyridine rings is 1. The van der Waals surface area contributed by atoms with Crippen molar-refractivity contribution in [3.05, 3.63) is 168 Å². The Morgan fingerprint density at radius 1 is 0.726 bits per heavy atom. The molecule has 0 aliphatic heterocycles. The van der Waals surface area contributed by atoms with Gasteiger partial charge >= 0.3 is 0 Å². The Hall–Kier alpha value is -5.39. The standard InChI is InChI=1S/C37H31N2O.C19H26NSi.Ir/c1-23(2)30-21-26(25-13-6-5-7-14-25)22-31(24(3)4)35(30)39-33-19-10-9-18-32(33)38-37(39)29-17-12-16-28-27-15-8-11-20-34(27)40-36(28)29;1-19(2,3)13-16-12-17(15-10-8-7-9-11-15)20-14-18(16)21(4,5)6;/h5-16,18-24H,1-4H3;7-10,12,14H,13H2,1-6H3;/q2*-1;/i;13D2;. The number of hydrogen-bond donors (Lipinski definition) is 0. The minimum absolute atomic E-state index is 0. The third-order valence-electron chi connectivity index (χ3n) is 11.1. The van der Waals surface area contributed by atoms with Gasteiger partial charge in [-0.05, 0) is 87.1 Å². The van der Waals surface area contributed by atoms with Crippen molar-refractivity contribution in [3.8, 4) is 39.5 Å². The molecule has 9 rings (SSSR count). The number of aromatic nitrogens is 3. The summed E-state index contributed by atoms with van der Waals surface area (Å²) in [6.07, 6.45) is 0.469. The van der Waals surface area contributed by atoms with Crippen molar-refractivity contribution in [2.45, 2.75) is 86.3 Å². The zero-order chi connectivity index (χ0) is 44.8. The first kappa shape index (κ1) is 41.9. The monoisotopic (exact) mass is 1010 g/mol. The maximum Gasteiger partial charge on any atom is 0.120 e. The minimum Gasteiger partial charge on any atom is -0.501 e. The Kier molecular flexibility index (Phi) is 12.3. The summed E-state index contributed by atoms with van der Waals surface area (Å²) in [7, 11) is -1.70. The van der Waals surface area contributed by atoms with Crippen molar-refractivity contribution < 1.29 is 27.3 Å². The molecule has 6 heteroatoms. The normalized spacial score (nSPS) is 12.6. The predicted molar refractivity (Wildman–Crippen MR) is 261 cm³/mol. The molecule has 0 aliphatic rings. The fraction of sp³-hybridized carbons (Fsp3) is 0.250. The molecule has 0 unspecified atom stereocenters. The number of imidazole rings is 1. The van der Waals surface area contributed by atoms with Crippen molar-refractivity contribution in [1.82, 2.24) is 14.5 Å². The van der Waals surface area contributed by atoms with Crippen LogP contribution in [0.2, 0.25) is 19.6 Å². The summed E-state index contributed by atoms with van der Waals surface area (Å²) in [6.45, 7) is 21.7. The van der Waals surface area contributed by atoms with E-state index in [2.05, 4.69) is 154 Å². The van der Waals surface area contributed by atoms with Gasteiger partial charge in [0, 0.05) is 40.1 Å². The van der Waals surface area contributed by atoms with E-state index in [4.69, 9.17) is 12.1 Å². The average molecular weight is 1010 g/mol. The van der Waals surface area contributed by atoms with Crippen LogP contribution in [0.15, 0.2) is 144 Å². The van der Waals surface area contributed by atoms with E-state index in [1.54, 1.807) is 0 Å². The molecule has 3 aromatic heterocycles. The van der Waals surface area contributed by atoms with E-state index < -0.39 is 19.9 Å². The average Bonchev–Trinajstić information content (AvgIpc) is 3.85. The van der Waals surface area contributed by atoms with Crippen LogP contribution in [0.25, 0.3) is 72.4 Å². The van der Waals surface area contributed by atoms with E-state index in [0.29, 0.717) is 11.8 Å². The molecule has 3 heterocycles. The van der Waals surface area contributed by atoms with Gasteiger partial charge in [0.1, 0.15) is 5.58 Å². The Labute approximate surface area is 385 Å². The molecule has 9 aromatic rings. The molecule has 0 bridgehead atoms. The molecule has 0 N–H and O–H groups in total. The molecule has 0 saturated heterocycles. The molecular formula is C56H57IrN3OSi-2. The van der Waals surface area contributed by atoms with Gasteiger partial charge in [0.25, 0.3) is 0 Å². The molecule has 4 nitrogen and oxygen atoms in total. The molecule has 0 spiro atoms. The van der Waals surface area contributed by atoms with Crippen LogP contribution in [0, 0.1) is 17.5 Å². The molecule has 6 aromatic carbocycles. The van der Waals surface area contributed by atoms with Crippen molar-refractivity contribution >= 4 is 46.2 Å². The second-order valence-electron chi connectivity index (χ2n) is 18.6. The fourth-order valence-corrected chi connectivity index (χ4v) is 9.55. The van der Waals surface area contributed by atoms with E-state index in [9.17, 15) is 0 Å². The van der Waals surface area contributed by atoms with E-state index in [1.807, 2.05) is 75.5 Å². The van der Waals surface area contributed by atoms with Crippen LogP contribution in [0.4, 0.5) is 0 Å².